The number of nitrogens with one attached hydrogen (secondary N) is 1. The summed E-state index contributed by atoms with van der Waals surface area (Å²) in [5.74, 6) is -0.413. The Hall–Kier alpha value is -1.04. The maximum absolute atomic E-state index is 11.6. The van der Waals surface area contributed by atoms with Crippen molar-refractivity contribution >= 4 is 45.2 Å². The van der Waals surface area contributed by atoms with Gasteiger partial charge in [-0.05, 0) is 19.1 Å². The molecule has 0 radical (unpaired) electrons. The van der Waals surface area contributed by atoms with Crippen LogP contribution < -0.4 is 5.73 Å². The van der Waals surface area contributed by atoms with E-state index in [1.165, 1.54) is 0 Å². The first-order valence-corrected chi connectivity index (χ1v) is 6.12. The highest BCUT2D eigenvalue weighted by molar-refractivity contribution is 9.10. The third kappa shape index (κ3) is 2.68. The standard InChI is InChI=1S/C12H13BrN2O2.ClH/c1-2-17-12(16)11(14)7-6-15-9-5-3-4-8(13)10(7)9;/h3-6,11,15H,2,14H2,1H3;1H/t11-;/m0./s1. The summed E-state index contributed by atoms with van der Waals surface area (Å²) < 4.78 is 5.83. The molecule has 1 aromatic heterocycles. The van der Waals surface area contributed by atoms with Crippen LogP contribution in [0.15, 0.2) is 28.9 Å². The first-order chi connectivity index (χ1) is 8.15. The summed E-state index contributed by atoms with van der Waals surface area (Å²) in [6.07, 6.45) is 1.75. The molecular weight excluding hydrogens is 320 g/mol. The number of fused-ring (bicyclic) bond motifs is 1. The second-order valence-electron chi connectivity index (χ2n) is 3.64. The van der Waals surface area contributed by atoms with Gasteiger partial charge in [0.2, 0.25) is 0 Å². The molecule has 3 N–H and O–H groups in total. The Morgan fingerprint density at radius 2 is 2.28 bits per heavy atom. The Kier molecular flexibility index (Phi) is 5.19. The van der Waals surface area contributed by atoms with Gasteiger partial charge >= 0.3 is 5.97 Å². The van der Waals surface area contributed by atoms with E-state index in [2.05, 4.69) is 20.9 Å². The van der Waals surface area contributed by atoms with Gasteiger partial charge in [-0.2, -0.15) is 0 Å². The fourth-order valence-corrected chi connectivity index (χ4v) is 2.36. The second-order valence-corrected chi connectivity index (χ2v) is 4.49. The van der Waals surface area contributed by atoms with Crippen LogP contribution in [0.2, 0.25) is 0 Å². The summed E-state index contributed by atoms with van der Waals surface area (Å²) in [4.78, 5) is 14.7. The smallest absolute Gasteiger partial charge is 0.327 e. The molecule has 6 heteroatoms. The van der Waals surface area contributed by atoms with Gasteiger partial charge in [0.1, 0.15) is 6.04 Å². The van der Waals surface area contributed by atoms with Gasteiger partial charge in [0.25, 0.3) is 0 Å². The van der Waals surface area contributed by atoms with E-state index in [0.29, 0.717) is 6.61 Å². The molecule has 1 atom stereocenters. The molecule has 0 aliphatic rings. The highest BCUT2D eigenvalue weighted by Crippen LogP contribution is 2.30. The molecule has 0 bridgehead atoms. The van der Waals surface area contributed by atoms with Crippen molar-refractivity contribution in [2.45, 2.75) is 13.0 Å². The maximum atomic E-state index is 11.6. The SMILES string of the molecule is CCOC(=O)[C@@H](N)c1c[nH]c2cccc(Br)c12.Cl. The molecule has 18 heavy (non-hydrogen) atoms. The maximum Gasteiger partial charge on any atom is 0.327 e. The first-order valence-electron chi connectivity index (χ1n) is 5.33. The fraction of sp³-hybridized carbons (Fsp3) is 0.250. The van der Waals surface area contributed by atoms with Crippen LogP contribution in [-0.4, -0.2) is 17.6 Å². The van der Waals surface area contributed by atoms with Gasteiger partial charge in [0.15, 0.2) is 0 Å². The Morgan fingerprint density at radius 3 is 2.94 bits per heavy atom. The topological polar surface area (TPSA) is 68.1 Å². The van der Waals surface area contributed by atoms with Crippen molar-refractivity contribution in [1.29, 1.82) is 0 Å². The third-order valence-electron chi connectivity index (χ3n) is 2.56. The van der Waals surface area contributed by atoms with Gasteiger partial charge in [0.05, 0.1) is 6.61 Å². The predicted octanol–water partition coefficient (Wildman–Crippen LogP) is 2.92. The minimum absolute atomic E-state index is 0. The van der Waals surface area contributed by atoms with Gasteiger partial charge in [-0.25, -0.2) is 4.79 Å². The second kappa shape index (κ2) is 6.22. The molecular formula is C12H14BrClN2O2. The molecule has 2 aromatic rings. The molecule has 0 saturated carbocycles. The molecule has 98 valence electrons. The van der Waals surface area contributed by atoms with E-state index in [9.17, 15) is 4.79 Å². The third-order valence-corrected chi connectivity index (χ3v) is 3.22. The lowest BCUT2D eigenvalue weighted by molar-refractivity contribution is -0.144. The van der Waals surface area contributed by atoms with Crippen molar-refractivity contribution in [2.24, 2.45) is 5.73 Å². The quantitative estimate of drug-likeness (QED) is 0.849. The van der Waals surface area contributed by atoms with Crippen molar-refractivity contribution < 1.29 is 9.53 Å². The van der Waals surface area contributed by atoms with E-state index in [-0.39, 0.29) is 12.4 Å². The number of hydrogen-bond acceptors (Lipinski definition) is 3. The number of carbonyl (C=O) groups excluding carboxylic acids is 1. The van der Waals surface area contributed by atoms with Crippen LogP contribution in [0.4, 0.5) is 0 Å². The highest BCUT2D eigenvalue weighted by Gasteiger charge is 2.21. The molecule has 0 amide bonds. The summed E-state index contributed by atoms with van der Waals surface area (Å²) in [5.41, 5.74) is 7.57. The number of carbonyl (C=O) groups is 1. The molecule has 0 unspecified atom stereocenters. The Labute approximate surface area is 119 Å². The van der Waals surface area contributed by atoms with Crippen LogP contribution in [0.3, 0.4) is 0 Å². The summed E-state index contributed by atoms with van der Waals surface area (Å²) in [6.45, 7) is 2.09. The van der Waals surface area contributed by atoms with Gasteiger partial charge in [-0.15, -0.1) is 12.4 Å². The van der Waals surface area contributed by atoms with E-state index >= 15 is 0 Å². The van der Waals surface area contributed by atoms with Crippen molar-refractivity contribution in [3.8, 4) is 0 Å². The highest BCUT2D eigenvalue weighted by atomic mass is 79.9. The van der Waals surface area contributed by atoms with Gasteiger partial charge in [-0.3, -0.25) is 0 Å². The minimum atomic E-state index is -0.762. The Morgan fingerprint density at radius 1 is 1.56 bits per heavy atom. The molecule has 1 heterocycles. The average Bonchev–Trinajstić information content (AvgIpc) is 2.73. The number of benzene rings is 1. The molecule has 4 nitrogen and oxygen atoms in total. The zero-order valence-corrected chi connectivity index (χ0v) is 12.2. The van der Waals surface area contributed by atoms with Crippen molar-refractivity contribution in [2.75, 3.05) is 6.61 Å². The van der Waals surface area contributed by atoms with E-state index in [1.54, 1.807) is 13.1 Å². The number of rotatable bonds is 3. The number of H-pyrrole nitrogens is 1. The first kappa shape index (κ1) is 15.0. The molecule has 1 aromatic carbocycles. The number of esters is 1. The van der Waals surface area contributed by atoms with E-state index in [0.717, 1.165) is 20.9 Å². The normalized spacial score (nSPS) is 11.9. The van der Waals surface area contributed by atoms with Crippen molar-refractivity contribution in [1.82, 2.24) is 4.98 Å². The number of nitrogens with two attached hydrogens (primary N) is 1. The number of hydrogen-bond donors (Lipinski definition) is 2. The van der Waals surface area contributed by atoms with E-state index in [4.69, 9.17) is 10.5 Å². The van der Waals surface area contributed by atoms with Crippen LogP contribution in [0.1, 0.15) is 18.5 Å². The monoisotopic (exact) mass is 332 g/mol. The lowest BCUT2D eigenvalue weighted by Gasteiger charge is -2.10. The van der Waals surface area contributed by atoms with E-state index in [1.807, 2.05) is 18.2 Å². The summed E-state index contributed by atoms with van der Waals surface area (Å²) in [6, 6.07) is 5.00. The zero-order valence-electron chi connectivity index (χ0n) is 9.77. The van der Waals surface area contributed by atoms with Crippen LogP contribution in [0.25, 0.3) is 10.9 Å². The Balaban J connectivity index is 0.00000162. The predicted molar refractivity (Wildman–Crippen MR) is 76.8 cm³/mol. The molecule has 2 rings (SSSR count). The molecule has 0 saturated heterocycles. The molecule has 0 spiro atoms. The molecule has 0 aliphatic heterocycles. The number of ether oxygens (including phenoxy) is 1. The van der Waals surface area contributed by atoms with Gasteiger partial charge in [0, 0.05) is 27.1 Å². The number of halogens is 2. The molecule has 0 fully saturated rings. The van der Waals surface area contributed by atoms with Crippen LogP contribution >= 0.6 is 28.3 Å². The minimum Gasteiger partial charge on any atom is -0.465 e. The average molecular weight is 334 g/mol. The Bertz CT molecular complexity index is 556. The summed E-state index contributed by atoms with van der Waals surface area (Å²) in [7, 11) is 0. The zero-order chi connectivity index (χ0) is 12.4. The van der Waals surface area contributed by atoms with Crippen LogP contribution in [0, 0.1) is 0 Å². The number of aromatic nitrogens is 1. The lowest BCUT2D eigenvalue weighted by Crippen LogP contribution is -2.23. The van der Waals surface area contributed by atoms with Gasteiger partial charge < -0.3 is 15.5 Å². The molecule has 0 aliphatic carbocycles. The summed E-state index contributed by atoms with van der Waals surface area (Å²) in [5, 5.41) is 0.924. The van der Waals surface area contributed by atoms with Crippen molar-refractivity contribution in [3.63, 3.8) is 0 Å². The largest absolute Gasteiger partial charge is 0.465 e. The van der Waals surface area contributed by atoms with Crippen LogP contribution in [-0.2, 0) is 9.53 Å². The van der Waals surface area contributed by atoms with E-state index < -0.39 is 12.0 Å². The van der Waals surface area contributed by atoms with Gasteiger partial charge in [-0.1, -0.05) is 22.0 Å². The van der Waals surface area contributed by atoms with Crippen LogP contribution in [0.5, 0.6) is 0 Å². The lowest BCUT2D eigenvalue weighted by atomic mass is 10.1. The number of aromatic amines is 1. The summed E-state index contributed by atoms with van der Waals surface area (Å²) >= 11 is 3.46. The fourth-order valence-electron chi connectivity index (χ4n) is 1.77. The van der Waals surface area contributed by atoms with Crippen molar-refractivity contribution in [3.05, 3.63) is 34.4 Å².